The molecule has 0 aliphatic carbocycles. The number of carbonyl (C=O) groups excluding carboxylic acids is 2. The van der Waals surface area contributed by atoms with Crippen LogP contribution in [0.5, 0.6) is 0 Å². The maximum atomic E-state index is 13.2. The third-order valence-electron chi connectivity index (χ3n) is 5.19. The zero-order valence-electron chi connectivity index (χ0n) is 16.2. The molecule has 1 N–H and O–H groups in total. The molecule has 4 rings (SSSR count). The molecule has 0 saturated carbocycles. The predicted molar refractivity (Wildman–Crippen MR) is 111 cm³/mol. The van der Waals surface area contributed by atoms with Gasteiger partial charge >= 0.3 is 0 Å². The first-order chi connectivity index (χ1) is 14.0. The van der Waals surface area contributed by atoms with Gasteiger partial charge in [0.1, 0.15) is 6.04 Å². The largest absolute Gasteiger partial charge is 0.352 e. The molecule has 0 spiro atoms. The number of aryl methyl sites for hydroxylation is 1. The van der Waals surface area contributed by atoms with Crippen LogP contribution >= 0.6 is 11.6 Å². The summed E-state index contributed by atoms with van der Waals surface area (Å²) >= 11 is 5.95. The maximum Gasteiger partial charge on any atom is 0.254 e. The summed E-state index contributed by atoms with van der Waals surface area (Å²) in [6.45, 7) is 4.64. The zero-order chi connectivity index (χ0) is 20.5. The highest BCUT2D eigenvalue weighted by Crippen LogP contribution is 2.31. The summed E-state index contributed by atoms with van der Waals surface area (Å²) in [5.74, 6) is -0.398. The summed E-state index contributed by atoms with van der Waals surface area (Å²) in [7, 11) is 0. The van der Waals surface area contributed by atoms with Crippen LogP contribution in [0.15, 0.2) is 54.6 Å². The van der Waals surface area contributed by atoms with Gasteiger partial charge in [-0.25, -0.2) is 4.68 Å². The van der Waals surface area contributed by atoms with Gasteiger partial charge in [-0.15, -0.1) is 0 Å². The molecule has 1 aliphatic heterocycles. The first kappa shape index (κ1) is 19.2. The molecule has 0 radical (unpaired) electrons. The Balaban J connectivity index is 1.77. The Labute approximate surface area is 174 Å². The standard InChI is InChI=1S/C22H21ClN4O2/c1-14-19(15(2)27(25-14)18-6-4-3-5-7-18)20-21(28)24-12-13-26(20)22(29)16-8-10-17(23)11-9-16/h3-11,20H,12-13H2,1-2H3,(H,24,28)/t20-/m1/s1. The van der Waals surface area contributed by atoms with E-state index in [1.807, 2.05) is 48.9 Å². The second-order valence-corrected chi connectivity index (χ2v) is 7.47. The van der Waals surface area contributed by atoms with E-state index in [1.54, 1.807) is 29.2 Å². The highest BCUT2D eigenvalue weighted by atomic mass is 35.5. The van der Waals surface area contributed by atoms with Gasteiger partial charge in [0.25, 0.3) is 5.91 Å². The van der Waals surface area contributed by atoms with Gasteiger partial charge in [-0.3, -0.25) is 9.59 Å². The number of rotatable bonds is 3. The van der Waals surface area contributed by atoms with E-state index in [4.69, 9.17) is 11.6 Å². The lowest BCUT2D eigenvalue weighted by atomic mass is 9.99. The van der Waals surface area contributed by atoms with Crippen molar-refractivity contribution in [2.75, 3.05) is 13.1 Å². The Morgan fingerprint density at radius 1 is 1.10 bits per heavy atom. The molecule has 0 bridgehead atoms. The van der Waals surface area contributed by atoms with Gasteiger partial charge < -0.3 is 10.2 Å². The quantitative estimate of drug-likeness (QED) is 0.721. The highest BCUT2D eigenvalue weighted by molar-refractivity contribution is 6.30. The molecule has 3 aromatic rings. The van der Waals surface area contributed by atoms with E-state index in [2.05, 4.69) is 10.4 Å². The number of hydrogen-bond donors (Lipinski definition) is 1. The second kappa shape index (κ2) is 7.72. The van der Waals surface area contributed by atoms with Crippen LogP contribution in [0.4, 0.5) is 0 Å². The van der Waals surface area contributed by atoms with Crippen molar-refractivity contribution in [3.63, 3.8) is 0 Å². The van der Waals surface area contributed by atoms with Crippen LogP contribution in [-0.4, -0.2) is 39.6 Å². The molecule has 2 heterocycles. The number of para-hydroxylation sites is 1. The molecule has 1 fully saturated rings. The van der Waals surface area contributed by atoms with Crippen molar-refractivity contribution in [1.82, 2.24) is 20.0 Å². The lowest BCUT2D eigenvalue weighted by Gasteiger charge is -2.35. The predicted octanol–water partition coefficient (Wildman–Crippen LogP) is 3.46. The molecular weight excluding hydrogens is 388 g/mol. The Bertz CT molecular complexity index is 1060. The molecule has 2 aromatic carbocycles. The minimum atomic E-state index is -0.732. The molecule has 1 aromatic heterocycles. The number of benzene rings is 2. The number of halogens is 1. The average Bonchev–Trinajstić information content (AvgIpc) is 3.02. The van der Waals surface area contributed by atoms with Gasteiger partial charge in [0.15, 0.2) is 0 Å². The molecular formula is C22H21ClN4O2. The number of nitrogens with zero attached hydrogens (tertiary/aromatic N) is 3. The number of amides is 2. The third-order valence-corrected chi connectivity index (χ3v) is 5.44. The Morgan fingerprint density at radius 2 is 1.79 bits per heavy atom. The SMILES string of the molecule is Cc1nn(-c2ccccc2)c(C)c1[C@@H]1C(=O)NCCN1C(=O)c1ccc(Cl)cc1. The molecule has 6 nitrogen and oxygen atoms in total. The fourth-order valence-corrected chi connectivity index (χ4v) is 3.93. The minimum Gasteiger partial charge on any atom is -0.352 e. The number of piperazine rings is 1. The van der Waals surface area contributed by atoms with Crippen molar-refractivity contribution < 1.29 is 9.59 Å². The van der Waals surface area contributed by atoms with Crippen molar-refractivity contribution in [2.24, 2.45) is 0 Å². The van der Waals surface area contributed by atoms with E-state index in [9.17, 15) is 9.59 Å². The first-order valence-electron chi connectivity index (χ1n) is 9.43. The smallest absolute Gasteiger partial charge is 0.254 e. The van der Waals surface area contributed by atoms with E-state index in [-0.39, 0.29) is 11.8 Å². The summed E-state index contributed by atoms with van der Waals surface area (Å²) in [5.41, 5.74) is 3.73. The minimum absolute atomic E-state index is 0.197. The van der Waals surface area contributed by atoms with Gasteiger partial charge in [-0.05, 0) is 50.2 Å². The molecule has 148 valence electrons. The van der Waals surface area contributed by atoms with Crippen LogP contribution in [0.1, 0.15) is 33.4 Å². The lowest BCUT2D eigenvalue weighted by molar-refractivity contribution is -0.128. The van der Waals surface area contributed by atoms with Gasteiger partial charge in [-0.1, -0.05) is 29.8 Å². The Morgan fingerprint density at radius 3 is 2.48 bits per heavy atom. The van der Waals surface area contributed by atoms with Crippen LogP contribution in [0.25, 0.3) is 5.69 Å². The Hall–Kier alpha value is -3.12. The van der Waals surface area contributed by atoms with Gasteiger partial charge in [-0.2, -0.15) is 5.10 Å². The van der Waals surface area contributed by atoms with E-state index in [0.29, 0.717) is 23.7 Å². The maximum absolute atomic E-state index is 13.2. The molecule has 1 atom stereocenters. The highest BCUT2D eigenvalue weighted by Gasteiger charge is 2.38. The molecule has 29 heavy (non-hydrogen) atoms. The summed E-state index contributed by atoms with van der Waals surface area (Å²) < 4.78 is 1.82. The van der Waals surface area contributed by atoms with Gasteiger partial charge in [0, 0.05) is 34.9 Å². The first-order valence-corrected chi connectivity index (χ1v) is 9.81. The molecule has 7 heteroatoms. The summed E-state index contributed by atoms with van der Waals surface area (Å²) in [6, 6.07) is 15.7. The summed E-state index contributed by atoms with van der Waals surface area (Å²) in [5, 5.41) is 8.10. The monoisotopic (exact) mass is 408 g/mol. The van der Waals surface area contributed by atoms with Gasteiger partial charge in [0.05, 0.1) is 11.4 Å². The number of hydrogen-bond acceptors (Lipinski definition) is 3. The van der Waals surface area contributed by atoms with E-state index < -0.39 is 6.04 Å². The van der Waals surface area contributed by atoms with Crippen molar-refractivity contribution in [2.45, 2.75) is 19.9 Å². The lowest BCUT2D eigenvalue weighted by Crippen LogP contribution is -2.52. The average molecular weight is 409 g/mol. The molecule has 1 saturated heterocycles. The molecule has 1 aliphatic rings. The fraction of sp³-hybridized carbons (Fsp3) is 0.227. The zero-order valence-corrected chi connectivity index (χ0v) is 17.0. The Kier molecular flexibility index (Phi) is 5.11. The van der Waals surface area contributed by atoms with E-state index >= 15 is 0 Å². The van der Waals surface area contributed by atoms with Crippen molar-refractivity contribution in [1.29, 1.82) is 0 Å². The molecule has 0 unspecified atom stereocenters. The molecule has 2 amide bonds. The van der Waals surface area contributed by atoms with Crippen LogP contribution in [0, 0.1) is 13.8 Å². The number of carbonyl (C=O) groups is 2. The van der Waals surface area contributed by atoms with Crippen LogP contribution in [0.2, 0.25) is 5.02 Å². The van der Waals surface area contributed by atoms with Crippen molar-refractivity contribution in [3.05, 3.63) is 82.1 Å². The summed E-state index contributed by atoms with van der Waals surface area (Å²) in [4.78, 5) is 27.7. The fourth-order valence-electron chi connectivity index (χ4n) is 3.80. The van der Waals surface area contributed by atoms with E-state index in [1.165, 1.54) is 0 Å². The van der Waals surface area contributed by atoms with Crippen LogP contribution < -0.4 is 5.32 Å². The van der Waals surface area contributed by atoms with Gasteiger partial charge in [0.2, 0.25) is 5.91 Å². The summed E-state index contributed by atoms with van der Waals surface area (Å²) in [6.07, 6.45) is 0. The third kappa shape index (κ3) is 3.51. The topological polar surface area (TPSA) is 67.2 Å². The van der Waals surface area contributed by atoms with E-state index in [0.717, 1.165) is 22.6 Å². The normalized spacial score (nSPS) is 16.6. The van der Waals surface area contributed by atoms with Crippen molar-refractivity contribution >= 4 is 23.4 Å². The number of nitrogens with one attached hydrogen (secondary N) is 1. The van der Waals surface area contributed by atoms with Crippen LogP contribution in [-0.2, 0) is 4.79 Å². The number of aromatic nitrogens is 2. The van der Waals surface area contributed by atoms with Crippen LogP contribution in [0.3, 0.4) is 0 Å². The second-order valence-electron chi connectivity index (χ2n) is 7.03. The van der Waals surface area contributed by atoms with Crippen molar-refractivity contribution in [3.8, 4) is 5.69 Å².